The maximum atomic E-state index is 13.5. The second-order valence-electron chi connectivity index (χ2n) is 7.99. The minimum Gasteiger partial charge on any atom is -0.488 e. The molecule has 0 bridgehead atoms. The summed E-state index contributed by atoms with van der Waals surface area (Å²) in [5, 5.41) is 17.0. The van der Waals surface area contributed by atoms with E-state index < -0.39 is 17.6 Å². The molecule has 4 aromatic rings. The van der Waals surface area contributed by atoms with Crippen molar-refractivity contribution in [2.24, 2.45) is 5.92 Å². The molecule has 0 saturated carbocycles. The molecule has 1 unspecified atom stereocenters. The molecule has 3 aromatic carbocycles. The summed E-state index contributed by atoms with van der Waals surface area (Å²) in [6, 6.07) is 25.8. The van der Waals surface area contributed by atoms with Gasteiger partial charge in [-0.25, -0.2) is 4.68 Å². The zero-order chi connectivity index (χ0) is 23.7. The summed E-state index contributed by atoms with van der Waals surface area (Å²) in [5.74, 6) is -2.24. The van der Waals surface area contributed by atoms with Crippen molar-refractivity contribution in [2.45, 2.75) is 13.5 Å². The molecule has 7 heteroatoms. The Bertz CT molecular complexity index is 1450. The van der Waals surface area contributed by atoms with E-state index in [4.69, 9.17) is 4.74 Å². The van der Waals surface area contributed by atoms with Crippen LogP contribution < -0.4 is 10.1 Å². The SMILES string of the molecule is Cc1cccc(-n2nc(C(=O)C(C#N)C(=O)Nc3ccccc3)c3c2-c2ccccc2OC3)c1. The largest absolute Gasteiger partial charge is 0.488 e. The van der Waals surface area contributed by atoms with Crippen LogP contribution in [-0.2, 0) is 11.4 Å². The number of para-hydroxylation sites is 2. The summed E-state index contributed by atoms with van der Waals surface area (Å²) in [7, 11) is 0. The van der Waals surface area contributed by atoms with Crippen LogP contribution in [-0.4, -0.2) is 21.5 Å². The first-order valence-electron chi connectivity index (χ1n) is 10.8. The molecular formula is C27H20N4O3. The molecule has 166 valence electrons. The standard InChI is InChI=1S/C27H20N4O3/c1-17-8-7-11-19(14-17)31-25-20-12-5-6-13-23(20)34-16-22(25)24(30-31)26(32)21(15-28)27(33)29-18-9-3-2-4-10-18/h2-14,21H,16H2,1H3,(H,29,33). The highest BCUT2D eigenvalue weighted by molar-refractivity contribution is 6.15. The van der Waals surface area contributed by atoms with Gasteiger partial charge in [0.25, 0.3) is 0 Å². The summed E-state index contributed by atoms with van der Waals surface area (Å²) >= 11 is 0. The Hall–Kier alpha value is -4.70. The Morgan fingerprint density at radius 2 is 1.82 bits per heavy atom. The first-order valence-corrected chi connectivity index (χ1v) is 10.8. The highest BCUT2D eigenvalue weighted by atomic mass is 16.5. The van der Waals surface area contributed by atoms with Crippen molar-refractivity contribution in [3.8, 4) is 28.8 Å². The number of hydrogen-bond donors (Lipinski definition) is 1. The van der Waals surface area contributed by atoms with Gasteiger partial charge in [-0.05, 0) is 48.9 Å². The average molecular weight is 448 g/mol. The molecule has 1 aliphatic rings. The molecule has 1 amide bonds. The van der Waals surface area contributed by atoms with Gasteiger partial charge in [0.2, 0.25) is 11.7 Å². The van der Waals surface area contributed by atoms with Gasteiger partial charge in [0.15, 0.2) is 5.92 Å². The molecule has 2 heterocycles. The van der Waals surface area contributed by atoms with Crippen LogP contribution in [0.2, 0.25) is 0 Å². The third kappa shape index (κ3) is 3.71. The molecule has 0 fully saturated rings. The fraction of sp³-hybridized carbons (Fsp3) is 0.111. The summed E-state index contributed by atoms with van der Waals surface area (Å²) in [6.45, 7) is 2.08. The lowest BCUT2D eigenvalue weighted by Gasteiger charge is -2.19. The fourth-order valence-electron chi connectivity index (χ4n) is 4.06. The molecule has 1 atom stereocenters. The van der Waals surface area contributed by atoms with E-state index in [1.165, 1.54) is 0 Å². The van der Waals surface area contributed by atoms with E-state index in [2.05, 4.69) is 10.4 Å². The van der Waals surface area contributed by atoms with E-state index in [9.17, 15) is 14.9 Å². The highest BCUT2D eigenvalue weighted by Crippen LogP contribution is 2.40. The maximum Gasteiger partial charge on any atom is 0.249 e. The number of ether oxygens (including phenoxy) is 1. The molecule has 34 heavy (non-hydrogen) atoms. The van der Waals surface area contributed by atoms with Crippen LogP contribution in [0.4, 0.5) is 5.69 Å². The lowest BCUT2D eigenvalue weighted by molar-refractivity contribution is -0.117. The average Bonchev–Trinajstić information content (AvgIpc) is 3.25. The third-order valence-corrected chi connectivity index (χ3v) is 5.67. The van der Waals surface area contributed by atoms with Gasteiger partial charge in [-0.1, -0.05) is 42.5 Å². The number of fused-ring (bicyclic) bond motifs is 3. The molecule has 1 aromatic heterocycles. The minimum atomic E-state index is -1.55. The number of Topliss-reactive ketones (excluding diaryl/α,β-unsaturated/α-hetero) is 1. The normalized spacial score (nSPS) is 12.5. The summed E-state index contributed by atoms with van der Waals surface area (Å²) < 4.78 is 7.59. The van der Waals surface area contributed by atoms with Gasteiger partial charge in [-0.15, -0.1) is 0 Å². The lowest BCUT2D eigenvalue weighted by atomic mass is 9.96. The number of carbonyl (C=O) groups is 2. The van der Waals surface area contributed by atoms with E-state index in [1.807, 2.05) is 67.6 Å². The predicted octanol–water partition coefficient (Wildman–Crippen LogP) is 4.70. The number of nitriles is 1. The second-order valence-corrected chi connectivity index (χ2v) is 7.99. The van der Waals surface area contributed by atoms with Crippen LogP contribution >= 0.6 is 0 Å². The molecular weight excluding hydrogens is 428 g/mol. The quantitative estimate of drug-likeness (QED) is 0.353. The number of nitrogens with zero attached hydrogens (tertiary/aromatic N) is 3. The monoisotopic (exact) mass is 448 g/mol. The predicted molar refractivity (Wildman–Crippen MR) is 127 cm³/mol. The zero-order valence-electron chi connectivity index (χ0n) is 18.4. The van der Waals surface area contributed by atoms with E-state index in [-0.39, 0.29) is 12.3 Å². The van der Waals surface area contributed by atoms with Gasteiger partial charge in [0.1, 0.15) is 18.1 Å². The van der Waals surface area contributed by atoms with Gasteiger partial charge in [-0.2, -0.15) is 10.4 Å². The van der Waals surface area contributed by atoms with E-state index in [1.54, 1.807) is 28.9 Å². The molecule has 0 saturated heterocycles. The van der Waals surface area contributed by atoms with E-state index >= 15 is 0 Å². The molecule has 1 N–H and O–H groups in total. The Kier molecular flexibility index (Phi) is 5.40. The molecule has 5 rings (SSSR count). The van der Waals surface area contributed by atoms with Crippen molar-refractivity contribution < 1.29 is 14.3 Å². The van der Waals surface area contributed by atoms with Gasteiger partial charge in [0.05, 0.1) is 17.5 Å². The number of nitrogens with one attached hydrogen (secondary N) is 1. The number of amides is 1. The first-order chi connectivity index (χ1) is 16.6. The van der Waals surface area contributed by atoms with Crippen LogP contribution in [0.1, 0.15) is 21.6 Å². The van der Waals surface area contributed by atoms with Gasteiger partial charge < -0.3 is 10.1 Å². The summed E-state index contributed by atoms with van der Waals surface area (Å²) in [4.78, 5) is 26.3. The van der Waals surface area contributed by atoms with Gasteiger partial charge in [-0.3, -0.25) is 9.59 Å². The second kappa shape index (κ2) is 8.68. The van der Waals surface area contributed by atoms with Crippen molar-refractivity contribution in [3.05, 3.63) is 95.7 Å². The number of ketones is 1. The smallest absolute Gasteiger partial charge is 0.249 e. The molecule has 7 nitrogen and oxygen atoms in total. The van der Waals surface area contributed by atoms with Crippen LogP contribution in [0.25, 0.3) is 16.9 Å². The number of anilines is 1. The molecule has 0 radical (unpaired) electrons. The minimum absolute atomic E-state index is 0.0563. The summed E-state index contributed by atoms with van der Waals surface area (Å²) in [5.41, 5.74) is 4.43. The van der Waals surface area contributed by atoms with E-state index in [0.717, 1.165) is 22.5 Å². The number of carbonyl (C=O) groups excluding carboxylic acids is 2. The molecule has 0 spiro atoms. The Balaban J connectivity index is 1.60. The molecule has 1 aliphatic heterocycles. The number of rotatable bonds is 5. The Morgan fingerprint density at radius 3 is 2.59 bits per heavy atom. The highest BCUT2D eigenvalue weighted by Gasteiger charge is 2.36. The van der Waals surface area contributed by atoms with Crippen molar-refractivity contribution in [1.82, 2.24) is 9.78 Å². The van der Waals surface area contributed by atoms with Gasteiger partial charge >= 0.3 is 0 Å². The van der Waals surface area contributed by atoms with Crippen molar-refractivity contribution in [2.75, 3.05) is 5.32 Å². The van der Waals surface area contributed by atoms with Crippen LogP contribution in [0.5, 0.6) is 5.75 Å². The number of hydrogen-bond acceptors (Lipinski definition) is 5. The van der Waals surface area contributed by atoms with Crippen LogP contribution in [0.3, 0.4) is 0 Å². The zero-order valence-corrected chi connectivity index (χ0v) is 18.4. The lowest BCUT2D eigenvalue weighted by Crippen LogP contribution is -2.29. The van der Waals surface area contributed by atoms with E-state index in [0.29, 0.717) is 17.0 Å². The molecule has 0 aliphatic carbocycles. The van der Waals surface area contributed by atoms with Crippen molar-refractivity contribution in [1.29, 1.82) is 5.26 Å². The van der Waals surface area contributed by atoms with Gasteiger partial charge in [0, 0.05) is 16.8 Å². The maximum absolute atomic E-state index is 13.5. The topological polar surface area (TPSA) is 97.0 Å². The Labute approximate surface area is 196 Å². The van der Waals surface area contributed by atoms with Crippen LogP contribution in [0, 0.1) is 24.2 Å². The third-order valence-electron chi connectivity index (χ3n) is 5.67. The fourth-order valence-corrected chi connectivity index (χ4v) is 4.06. The number of benzene rings is 3. The van der Waals surface area contributed by atoms with Crippen LogP contribution in [0.15, 0.2) is 78.9 Å². The Morgan fingerprint density at radius 1 is 1.06 bits per heavy atom. The first kappa shape index (κ1) is 21.2. The van der Waals surface area contributed by atoms with Crippen molar-refractivity contribution in [3.63, 3.8) is 0 Å². The number of aryl methyl sites for hydroxylation is 1. The van der Waals surface area contributed by atoms with Crippen molar-refractivity contribution >= 4 is 17.4 Å². The number of aromatic nitrogens is 2. The summed E-state index contributed by atoms with van der Waals surface area (Å²) in [6.07, 6.45) is 0.